The highest BCUT2D eigenvalue weighted by Gasteiger charge is 2.43. The smallest absolute Gasteiger partial charge is 0.270 e. The van der Waals surface area contributed by atoms with Gasteiger partial charge in [-0.3, -0.25) is 0 Å². The lowest BCUT2D eigenvalue weighted by Crippen LogP contribution is -2.37. The lowest BCUT2D eigenvalue weighted by Gasteiger charge is -2.40. The first-order valence-electron chi connectivity index (χ1n) is 7.18. The molecule has 114 valence electrons. The van der Waals surface area contributed by atoms with E-state index in [2.05, 4.69) is 24.0 Å². The first kappa shape index (κ1) is 14.5. The number of nitrogens with zero attached hydrogens (tertiary/aromatic N) is 2. The lowest BCUT2D eigenvalue weighted by molar-refractivity contribution is -0.0740. The fraction of sp³-hybridized carbons (Fsp3) is 0.600. The maximum Gasteiger partial charge on any atom is 0.270 e. The lowest BCUT2D eigenvalue weighted by atomic mass is 9.70. The maximum atomic E-state index is 5.91. The zero-order valence-electron chi connectivity index (χ0n) is 12.7. The van der Waals surface area contributed by atoms with E-state index < -0.39 is 5.60 Å². The molecule has 6 heteroatoms. The molecule has 0 amide bonds. The van der Waals surface area contributed by atoms with Crippen molar-refractivity contribution in [2.24, 2.45) is 5.41 Å². The molecule has 21 heavy (non-hydrogen) atoms. The monoisotopic (exact) mass is 307 g/mol. The van der Waals surface area contributed by atoms with Gasteiger partial charge in [0, 0.05) is 7.11 Å². The van der Waals surface area contributed by atoms with Gasteiger partial charge in [-0.25, -0.2) is 0 Å². The number of rotatable bonds is 3. The summed E-state index contributed by atoms with van der Waals surface area (Å²) in [6.07, 6.45) is 4.00. The maximum absolute atomic E-state index is 5.91. The Morgan fingerprint density at radius 3 is 2.57 bits per heavy atom. The quantitative estimate of drug-likeness (QED) is 0.933. The van der Waals surface area contributed by atoms with Crippen LogP contribution in [0.1, 0.15) is 45.4 Å². The van der Waals surface area contributed by atoms with Crippen LogP contribution in [-0.2, 0) is 10.3 Å². The predicted octanol–water partition coefficient (Wildman–Crippen LogP) is 3.82. The molecule has 1 saturated carbocycles. The number of hydrogen-bond donors (Lipinski definition) is 1. The topological polar surface area (TPSA) is 74.2 Å². The molecule has 5 nitrogen and oxygen atoms in total. The van der Waals surface area contributed by atoms with Gasteiger partial charge in [0.2, 0.25) is 5.82 Å². The highest BCUT2D eigenvalue weighted by Crippen LogP contribution is 2.46. The Hall–Kier alpha value is -1.40. The molecule has 2 aromatic heterocycles. The summed E-state index contributed by atoms with van der Waals surface area (Å²) in [5.74, 6) is 1.13. The van der Waals surface area contributed by atoms with E-state index in [1.54, 1.807) is 7.11 Å². The molecule has 2 heterocycles. The van der Waals surface area contributed by atoms with Gasteiger partial charge < -0.3 is 15.0 Å². The molecule has 1 fully saturated rings. The molecular weight excluding hydrogens is 286 g/mol. The highest BCUT2D eigenvalue weighted by atomic mass is 32.1. The number of anilines is 1. The number of nitrogen functional groups attached to an aromatic ring is 1. The van der Waals surface area contributed by atoms with Gasteiger partial charge in [-0.15, -0.1) is 11.3 Å². The largest absolute Gasteiger partial charge is 0.397 e. The van der Waals surface area contributed by atoms with Gasteiger partial charge in [0.1, 0.15) is 10.5 Å². The van der Waals surface area contributed by atoms with Gasteiger partial charge >= 0.3 is 0 Å². The van der Waals surface area contributed by atoms with E-state index in [4.69, 9.17) is 15.0 Å². The Kier molecular flexibility index (Phi) is 3.53. The van der Waals surface area contributed by atoms with Crippen LogP contribution in [0, 0.1) is 5.41 Å². The minimum atomic E-state index is -0.427. The number of thiophene rings is 1. The third-order valence-corrected chi connectivity index (χ3v) is 5.44. The Balaban J connectivity index is 1.89. The van der Waals surface area contributed by atoms with Gasteiger partial charge in [0.05, 0.1) is 5.69 Å². The number of methoxy groups -OCH3 is 1. The average molecular weight is 307 g/mol. The van der Waals surface area contributed by atoms with Gasteiger partial charge in [-0.2, -0.15) is 4.98 Å². The van der Waals surface area contributed by atoms with Crippen LogP contribution in [0.3, 0.4) is 0 Å². The Morgan fingerprint density at radius 2 is 2.00 bits per heavy atom. The molecule has 0 radical (unpaired) electrons. The van der Waals surface area contributed by atoms with Crippen molar-refractivity contribution >= 4 is 17.0 Å². The summed E-state index contributed by atoms with van der Waals surface area (Å²) in [5.41, 5.74) is 6.51. The van der Waals surface area contributed by atoms with Crippen LogP contribution in [0.25, 0.3) is 10.8 Å². The molecule has 1 aliphatic rings. The normalized spacial score (nSPS) is 20.5. The van der Waals surface area contributed by atoms with Crippen molar-refractivity contribution < 1.29 is 9.26 Å². The third kappa shape index (κ3) is 2.58. The fourth-order valence-corrected chi connectivity index (χ4v) is 3.58. The van der Waals surface area contributed by atoms with Crippen LogP contribution in [0.4, 0.5) is 5.69 Å². The molecule has 2 N–H and O–H groups in total. The van der Waals surface area contributed by atoms with Gasteiger partial charge in [-0.1, -0.05) is 19.0 Å². The van der Waals surface area contributed by atoms with Crippen molar-refractivity contribution in [1.29, 1.82) is 0 Å². The molecule has 2 aromatic rings. The molecule has 3 rings (SSSR count). The standard InChI is InChI=1S/C15H21N3O2S/c1-14(2)5-7-15(19-3,8-6-14)13-17-12(20-18-13)11-10(16)4-9-21-11/h4,9H,5-8,16H2,1-3H3. The van der Waals surface area contributed by atoms with E-state index in [1.165, 1.54) is 11.3 Å². The molecule has 0 atom stereocenters. The second-order valence-electron chi connectivity index (χ2n) is 6.49. The molecule has 0 unspecified atom stereocenters. The second-order valence-corrected chi connectivity index (χ2v) is 7.41. The van der Waals surface area contributed by atoms with E-state index >= 15 is 0 Å². The van der Waals surface area contributed by atoms with E-state index in [9.17, 15) is 0 Å². The highest BCUT2D eigenvalue weighted by molar-refractivity contribution is 7.14. The number of nitrogens with two attached hydrogens (primary N) is 1. The van der Waals surface area contributed by atoms with Crippen LogP contribution >= 0.6 is 11.3 Å². The Bertz CT molecular complexity index is 622. The predicted molar refractivity (Wildman–Crippen MR) is 83.0 cm³/mol. The first-order valence-corrected chi connectivity index (χ1v) is 8.06. The summed E-state index contributed by atoms with van der Waals surface area (Å²) >= 11 is 1.51. The van der Waals surface area contributed by atoms with Crippen LogP contribution in [-0.4, -0.2) is 17.3 Å². The average Bonchev–Trinajstić information content (AvgIpc) is 3.08. The van der Waals surface area contributed by atoms with Gasteiger partial charge in [0.15, 0.2) is 0 Å². The van der Waals surface area contributed by atoms with E-state index in [0.717, 1.165) is 30.6 Å². The summed E-state index contributed by atoms with van der Waals surface area (Å²) in [7, 11) is 1.73. The molecule has 0 spiro atoms. The van der Waals surface area contributed by atoms with Crippen LogP contribution in [0.2, 0.25) is 0 Å². The zero-order chi connectivity index (χ0) is 15.1. The van der Waals surface area contributed by atoms with Crippen molar-refractivity contribution in [2.45, 2.75) is 45.1 Å². The van der Waals surface area contributed by atoms with E-state index in [-0.39, 0.29) is 0 Å². The minimum Gasteiger partial charge on any atom is -0.397 e. The number of aromatic nitrogens is 2. The van der Waals surface area contributed by atoms with Gasteiger partial charge in [-0.05, 0) is 42.5 Å². The zero-order valence-corrected chi connectivity index (χ0v) is 13.5. The Labute approximate surface area is 128 Å². The molecule has 0 bridgehead atoms. The molecule has 0 aliphatic heterocycles. The van der Waals surface area contributed by atoms with E-state index in [1.807, 2.05) is 11.4 Å². The SMILES string of the molecule is COC1(c2noc(-c3sccc3N)n2)CCC(C)(C)CC1. The summed E-state index contributed by atoms with van der Waals surface area (Å²) in [4.78, 5) is 5.39. The van der Waals surface area contributed by atoms with Crippen molar-refractivity contribution in [2.75, 3.05) is 12.8 Å². The van der Waals surface area contributed by atoms with E-state index in [0.29, 0.717) is 22.8 Å². The third-order valence-electron chi connectivity index (χ3n) is 4.53. The van der Waals surface area contributed by atoms with Crippen molar-refractivity contribution in [3.8, 4) is 10.8 Å². The van der Waals surface area contributed by atoms with Crippen LogP contribution in [0.5, 0.6) is 0 Å². The summed E-state index contributed by atoms with van der Waals surface area (Å²) < 4.78 is 11.2. The minimum absolute atomic E-state index is 0.354. The number of ether oxygens (including phenoxy) is 1. The molecule has 0 aromatic carbocycles. The number of hydrogen-bond acceptors (Lipinski definition) is 6. The van der Waals surface area contributed by atoms with Crippen LogP contribution in [0.15, 0.2) is 16.0 Å². The summed E-state index contributed by atoms with van der Waals surface area (Å²) in [6.45, 7) is 4.58. The Morgan fingerprint density at radius 1 is 1.29 bits per heavy atom. The van der Waals surface area contributed by atoms with Crippen molar-refractivity contribution in [3.05, 3.63) is 17.3 Å². The second kappa shape index (κ2) is 5.10. The fourth-order valence-electron chi connectivity index (χ4n) is 2.84. The van der Waals surface area contributed by atoms with Crippen molar-refractivity contribution in [1.82, 2.24) is 10.1 Å². The molecule has 0 saturated heterocycles. The molecule has 1 aliphatic carbocycles. The summed E-state index contributed by atoms with van der Waals surface area (Å²) in [5, 5.41) is 6.09. The molecular formula is C15H21N3O2S. The van der Waals surface area contributed by atoms with Gasteiger partial charge in [0.25, 0.3) is 5.89 Å². The first-order chi connectivity index (χ1) is 9.96. The van der Waals surface area contributed by atoms with Crippen LogP contribution < -0.4 is 5.73 Å². The van der Waals surface area contributed by atoms with Crippen molar-refractivity contribution in [3.63, 3.8) is 0 Å². The summed E-state index contributed by atoms with van der Waals surface area (Å²) in [6, 6.07) is 1.85.